The topological polar surface area (TPSA) is 17.1 Å². The van der Waals surface area contributed by atoms with E-state index in [1.807, 2.05) is 19.1 Å². The molecule has 0 atom stereocenters. The van der Waals surface area contributed by atoms with Crippen LogP contribution in [-0.2, 0) is 12.8 Å². The summed E-state index contributed by atoms with van der Waals surface area (Å²) in [6, 6.07) is 6.01. The monoisotopic (exact) mass is 412 g/mol. The van der Waals surface area contributed by atoms with Gasteiger partial charge in [-0.15, -0.1) is 11.3 Å². The minimum atomic E-state index is 0.122. The van der Waals surface area contributed by atoms with Crippen LogP contribution in [0.15, 0.2) is 27.1 Å². The zero-order chi connectivity index (χ0) is 14.3. The third-order valence-corrected chi connectivity index (χ3v) is 6.46. The molecule has 1 aromatic carbocycles. The van der Waals surface area contributed by atoms with Gasteiger partial charge in [0.05, 0.1) is 4.88 Å². The maximum Gasteiger partial charge on any atom is 0.204 e. The van der Waals surface area contributed by atoms with Gasteiger partial charge in [0.15, 0.2) is 0 Å². The summed E-state index contributed by atoms with van der Waals surface area (Å²) in [7, 11) is 0. The highest BCUT2D eigenvalue weighted by molar-refractivity contribution is 9.11. The Morgan fingerprint density at radius 3 is 2.60 bits per heavy atom. The van der Waals surface area contributed by atoms with Gasteiger partial charge in [0, 0.05) is 19.4 Å². The Balaban J connectivity index is 2.00. The first-order chi connectivity index (χ1) is 9.56. The molecule has 0 amide bonds. The molecule has 1 aromatic heterocycles. The maximum absolute atomic E-state index is 12.7. The minimum absolute atomic E-state index is 0.122. The van der Waals surface area contributed by atoms with Gasteiger partial charge in [-0.3, -0.25) is 4.79 Å². The first-order valence-electron chi connectivity index (χ1n) is 6.68. The lowest BCUT2D eigenvalue weighted by Gasteiger charge is -2.08. The van der Waals surface area contributed by atoms with Gasteiger partial charge in [0.1, 0.15) is 0 Å². The zero-order valence-electron chi connectivity index (χ0n) is 11.1. The van der Waals surface area contributed by atoms with Crippen molar-refractivity contribution in [1.29, 1.82) is 0 Å². The Hall–Kier alpha value is -0.450. The van der Waals surface area contributed by atoms with E-state index < -0.39 is 0 Å². The number of hydrogen-bond donors (Lipinski definition) is 0. The van der Waals surface area contributed by atoms with Crippen molar-refractivity contribution in [2.24, 2.45) is 0 Å². The van der Waals surface area contributed by atoms with E-state index in [1.165, 1.54) is 23.3 Å². The SMILES string of the molecule is Cc1cc(Br)c(C(=O)c2cc3c(s2)CCCC3)cc1Br. The third kappa shape index (κ3) is 2.66. The summed E-state index contributed by atoms with van der Waals surface area (Å²) in [4.78, 5) is 15.0. The molecule has 4 heteroatoms. The van der Waals surface area contributed by atoms with Crippen LogP contribution in [0.3, 0.4) is 0 Å². The lowest BCUT2D eigenvalue weighted by Crippen LogP contribution is -2.00. The summed E-state index contributed by atoms with van der Waals surface area (Å²) in [6.45, 7) is 2.02. The molecule has 1 aliphatic rings. The second kappa shape index (κ2) is 5.74. The second-order valence-electron chi connectivity index (χ2n) is 5.18. The fraction of sp³-hybridized carbons (Fsp3) is 0.312. The highest BCUT2D eigenvalue weighted by Gasteiger charge is 2.20. The number of aryl methyl sites for hydroxylation is 3. The van der Waals surface area contributed by atoms with Crippen LogP contribution >= 0.6 is 43.2 Å². The fourth-order valence-electron chi connectivity index (χ4n) is 2.56. The summed E-state index contributed by atoms with van der Waals surface area (Å²) in [5, 5.41) is 0. The zero-order valence-corrected chi connectivity index (χ0v) is 15.1. The Kier molecular flexibility index (Phi) is 4.16. The highest BCUT2D eigenvalue weighted by Crippen LogP contribution is 2.33. The molecule has 0 saturated carbocycles. The first kappa shape index (κ1) is 14.5. The second-order valence-corrected chi connectivity index (χ2v) is 8.02. The molecule has 0 radical (unpaired) electrons. The van der Waals surface area contributed by atoms with Gasteiger partial charge < -0.3 is 0 Å². The normalized spacial score (nSPS) is 14.2. The molecule has 0 saturated heterocycles. The van der Waals surface area contributed by atoms with Gasteiger partial charge in [-0.25, -0.2) is 0 Å². The van der Waals surface area contributed by atoms with Crippen LogP contribution < -0.4 is 0 Å². The van der Waals surface area contributed by atoms with Crippen molar-refractivity contribution < 1.29 is 4.79 Å². The molecule has 104 valence electrons. The van der Waals surface area contributed by atoms with Crippen molar-refractivity contribution in [2.45, 2.75) is 32.6 Å². The Bertz CT molecular complexity index is 665. The molecular weight excluding hydrogens is 400 g/mol. The van der Waals surface area contributed by atoms with E-state index in [0.717, 1.165) is 37.8 Å². The van der Waals surface area contributed by atoms with Crippen LogP contribution in [0.25, 0.3) is 0 Å². The molecule has 0 bridgehead atoms. The van der Waals surface area contributed by atoms with E-state index in [9.17, 15) is 4.79 Å². The van der Waals surface area contributed by atoms with E-state index in [-0.39, 0.29) is 5.78 Å². The van der Waals surface area contributed by atoms with Crippen molar-refractivity contribution >= 4 is 49.0 Å². The number of benzene rings is 1. The predicted molar refractivity (Wildman–Crippen MR) is 91.0 cm³/mol. The van der Waals surface area contributed by atoms with Crippen molar-refractivity contribution in [1.82, 2.24) is 0 Å². The average molecular weight is 414 g/mol. The van der Waals surface area contributed by atoms with Crippen LogP contribution in [0.2, 0.25) is 0 Å². The van der Waals surface area contributed by atoms with Gasteiger partial charge in [-0.05, 0) is 61.9 Å². The van der Waals surface area contributed by atoms with Gasteiger partial charge in [-0.2, -0.15) is 0 Å². The van der Waals surface area contributed by atoms with Crippen molar-refractivity contribution in [3.63, 3.8) is 0 Å². The van der Waals surface area contributed by atoms with E-state index >= 15 is 0 Å². The van der Waals surface area contributed by atoms with Crippen molar-refractivity contribution in [2.75, 3.05) is 0 Å². The number of carbonyl (C=O) groups is 1. The molecular formula is C16H14Br2OS. The molecule has 2 aromatic rings. The van der Waals surface area contributed by atoms with E-state index in [4.69, 9.17) is 0 Å². The summed E-state index contributed by atoms with van der Waals surface area (Å²) in [6.07, 6.45) is 4.75. The number of rotatable bonds is 2. The summed E-state index contributed by atoms with van der Waals surface area (Å²) in [5.41, 5.74) is 3.24. The fourth-order valence-corrected chi connectivity index (χ4v) is 4.74. The third-order valence-electron chi connectivity index (χ3n) is 3.71. The number of halogens is 2. The van der Waals surface area contributed by atoms with Crippen LogP contribution in [0.4, 0.5) is 0 Å². The number of carbonyl (C=O) groups excluding carboxylic acids is 1. The molecule has 0 fully saturated rings. The van der Waals surface area contributed by atoms with Crippen LogP contribution in [0, 0.1) is 6.92 Å². The quantitative estimate of drug-likeness (QED) is 0.577. The van der Waals surface area contributed by atoms with Crippen LogP contribution in [0.1, 0.15) is 44.1 Å². The standard InChI is InChI=1S/C16H14Br2OS/c1-9-6-13(18)11(8-12(9)17)16(19)15-7-10-4-2-3-5-14(10)20-15/h6-8H,2-5H2,1H3. The van der Waals surface area contributed by atoms with E-state index in [2.05, 4.69) is 37.9 Å². The largest absolute Gasteiger partial charge is 0.288 e. The van der Waals surface area contributed by atoms with Gasteiger partial charge in [-0.1, -0.05) is 31.9 Å². The Morgan fingerprint density at radius 2 is 1.85 bits per heavy atom. The van der Waals surface area contributed by atoms with Crippen LogP contribution in [0.5, 0.6) is 0 Å². The van der Waals surface area contributed by atoms with Crippen LogP contribution in [-0.4, -0.2) is 5.78 Å². The summed E-state index contributed by atoms with van der Waals surface area (Å²) in [5.74, 6) is 0.122. The molecule has 0 spiro atoms. The Morgan fingerprint density at radius 1 is 1.10 bits per heavy atom. The molecule has 0 N–H and O–H groups in total. The van der Waals surface area contributed by atoms with Gasteiger partial charge in [0.25, 0.3) is 0 Å². The molecule has 3 rings (SSSR count). The summed E-state index contributed by atoms with van der Waals surface area (Å²) < 4.78 is 1.85. The number of ketones is 1. The molecule has 0 aliphatic heterocycles. The number of hydrogen-bond acceptors (Lipinski definition) is 2. The molecule has 1 aliphatic carbocycles. The maximum atomic E-state index is 12.7. The minimum Gasteiger partial charge on any atom is -0.288 e. The summed E-state index contributed by atoms with van der Waals surface area (Å²) >= 11 is 8.69. The lowest BCUT2D eigenvalue weighted by atomic mass is 9.98. The number of fused-ring (bicyclic) bond motifs is 1. The smallest absolute Gasteiger partial charge is 0.204 e. The van der Waals surface area contributed by atoms with Gasteiger partial charge >= 0.3 is 0 Å². The molecule has 1 nitrogen and oxygen atoms in total. The van der Waals surface area contributed by atoms with E-state index in [0.29, 0.717) is 0 Å². The number of thiophene rings is 1. The average Bonchev–Trinajstić information content (AvgIpc) is 2.86. The van der Waals surface area contributed by atoms with Crippen molar-refractivity contribution in [3.05, 3.63) is 53.6 Å². The predicted octanol–water partition coefficient (Wildman–Crippen LogP) is 5.69. The molecule has 1 heterocycles. The molecule has 20 heavy (non-hydrogen) atoms. The lowest BCUT2D eigenvalue weighted by molar-refractivity contribution is 0.104. The first-order valence-corrected chi connectivity index (χ1v) is 9.08. The molecule has 0 unspecified atom stereocenters. The highest BCUT2D eigenvalue weighted by atomic mass is 79.9. The van der Waals surface area contributed by atoms with E-state index in [1.54, 1.807) is 11.3 Å². The van der Waals surface area contributed by atoms with Gasteiger partial charge in [0.2, 0.25) is 5.78 Å². The van der Waals surface area contributed by atoms with Crippen molar-refractivity contribution in [3.8, 4) is 0 Å². The Labute approximate surface area is 139 Å².